The molecule has 0 amide bonds. The number of halogens is 3. The van der Waals surface area contributed by atoms with Gasteiger partial charge in [-0.2, -0.15) is 13.2 Å². The monoisotopic (exact) mass is 262 g/mol. The molecule has 6 heteroatoms. The largest absolute Gasteiger partial charge is 0.463 e. The number of hydrogen-bond acceptors (Lipinski definition) is 3. The maximum absolute atomic E-state index is 13.2. The van der Waals surface area contributed by atoms with Gasteiger partial charge in [-0.3, -0.25) is 0 Å². The van der Waals surface area contributed by atoms with E-state index in [0.717, 1.165) is 7.11 Å². The van der Waals surface area contributed by atoms with Crippen molar-refractivity contribution in [2.75, 3.05) is 13.7 Å². The summed E-state index contributed by atoms with van der Waals surface area (Å²) in [6.45, 7) is 1.27. The molecule has 100 valence electrons. The van der Waals surface area contributed by atoms with Crippen molar-refractivity contribution in [3.8, 4) is 0 Å². The number of alkyl halides is 3. The maximum atomic E-state index is 13.2. The van der Waals surface area contributed by atoms with Crippen molar-refractivity contribution in [1.82, 2.24) is 0 Å². The van der Waals surface area contributed by atoms with Gasteiger partial charge in [-0.1, -0.05) is 30.3 Å². The molecular weight excluding hydrogens is 249 g/mol. The number of rotatable bonds is 4. The van der Waals surface area contributed by atoms with Gasteiger partial charge in [0.2, 0.25) is 0 Å². The first-order valence-corrected chi connectivity index (χ1v) is 5.24. The minimum Gasteiger partial charge on any atom is -0.463 e. The van der Waals surface area contributed by atoms with Crippen molar-refractivity contribution in [2.45, 2.75) is 18.7 Å². The van der Waals surface area contributed by atoms with Crippen LogP contribution in [0.15, 0.2) is 30.3 Å². The fraction of sp³-hybridized carbons (Fsp3) is 0.417. The molecule has 0 spiro atoms. The van der Waals surface area contributed by atoms with E-state index in [-0.39, 0.29) is 12.2 Å². The van der Waals surface area contributed by atoms with Gasteiger partial charge in [0.15, 0.2) is 0 Å². The molecule has 3 nitrogen and oxygen atoms in total. The molecule has 0 N–H and O–H groups in total. The highest BCUT2D eigenvalue weighted by Crippen LogP contribution is 2.42. The van der Waals surface area contributed by atoms with Crippen LogP contribution in [0.2, 0.25) is 0 Å². The van der Waals surface area contributed by atoms with Gasteiger partial charge in [-0.25, -0.2) is 4.79 Å². The van der Waals surface area contributed by atoms with Crippen LogP contribution in [-0.4, -0.2) is 25.9 Å². The van der Waals surface area contributed by atoms with E-state index in [9.17, 15) is 18.0 Å². The van der Waals surface area contributed by atoms with Crippen LogP contribution >= 0.6 is 0 Å². The van der Waals surface area contributed by atoms with E-state index in [1.165, 1.54) is 31.2 Å². The van der Waals surface area contributed by atoms with E-state index < -0.39 is 17.7 Å². The Balaban J connectivity index is 3.37. The van der Waals surface area contributed by atoms with E-state index in [0.29, 0.717) is 0 Å². The molecule has 0 aliphatic heterocycles. The predicted octanol–water partition coefficient (Wildman–Crippen LogP) is 2.65. The first-order valence-electron chi connectivity index (χ1n) is 5.24. The van der Waals surface area contributed by atoms with Crippen molar-refractivity contribution < 1.29 is 27.4 Å². The fourth-order valence-corrected chi connectivity index (χ4v) is 1.62. The Labute approximate surface area is 103 Å². The topological polar surface area (TPSA) is 35.5 Å². The highest BCUT2D eigenvalue weighted by atomic mass is 19.4. The minimum atomic E-state index is -4.91. The lowest BCUT2D eigenvalue weighted by molar-refractivity contribution is -0.276. The van der Waals surface area contributed by atoms with Crippen LogP contribution < -0.4 is 0 Å². The molecule has 0 saturated heterocycles. The minimum absolute atomic E-state index is 0.160. The van der Waals surface area contributed by atoms with E-state index in [2.05, 4.69) is 9.47 Å². The van der Waals surface area contributed by atoms with Crippen molar-refractivity contribution in [3.63, 3.8) is 0 Å². The van der Waals surface area contributed by atoms with Gasteiger partial charge in [0.1, 0.15) is 0 Å². The van der Waals surface area contributed by atoms with Crippen LogP contribution in [0.4, 0.5) is 13.2 Å². The standard InChI is InChI=1S/C12H13F3O3/c1-3-18-10(16)11(17-2,12(13,14)15)9-7-5-4-6-8-9/h4-8H,3H2,1-2H3/t11-/m0/s1. The van der Waals surface area contributed by atoms with Crippen molar-refractivity contribution >= 4 is 5.97 Å². The van der Waals surface area contributed by atoms with Crippen LogP contribution in [0.5, 0.6) is 0 Å². The Kier molecular flexibility index (Phi) is 4.34. The quantitative estimate of drug-likeness (QED) is 0.782. The van der Waals surface area contributed by atoms with Gasteiger partial charge in [0, 0.05) is 12.7 Å². The lowest BCUT2D eigenvalue weighted by Crippen LogP contribution is -2.51. The van der Waals surface area contributed by atoms with Crippen LogP contribution in [0, 0.1) is 0 Å². The average Bonchev–Trinajstić information content (AvgIpc) is 2.30. The van der Waals surface area contributed by atoms with Gasteiger partial charge in [0.05, 0.1) is 6.61 Å². The van der Waals surface area contributed by atoms with Crippen LogP contribution in [0.25, 0.3) is 0 Å². The molecule has 0 bridgehead atoms. The molecule has 1 aromatic rings. The van der Waals surface area contributed by atoms with E-state index in [1.54, 1.807) is 6.07 Å². The fourth-order valence-electron chi connectivity index (χ4n) is 1.62. The molecular formula is C12H13F3O3. The number of hydrogen-bond donors (Lipinski definition) is 0. The molecule has 18 heavy (non-hydrogen) atoms. The summed E-state index contributed by atoms with van der Waals surface area (Å²) in [5.74, 6) is -1.47. The Hall–Kier alpha value is -1.56. The van der Waals surface area contributed by atoms with Crippen LogP contribution in [0.3, 0.4) is 0 Å². The molecule has 0 unspecified atom stereocenters. The summed E-state index contributed by atoms with van der Waals surface area (Å²) in [7, 11) is 0.831. The molecule has 0 fully saturated rings. The Morgan fingerprint density at radius 2 is 1.78 bits per heavy atom. The average molecular weight is 262 g/mol. The van der Waals surface area contributed by atoms with Crippen LogP contribution in [-0.2, 0) is 19.9 Å². The number of carbonyl (C=O) groups is 1. The Morgan fingerprint density at radius 1 is 1.22 bits per heavy atom. The summed E-state index contributed by atoms with van der Waals surface area (Å²) < 4.78 is 48.6. The molecule has 0 aliphatic carbocycles. The summed E-state index contributed by atoms with van der Waals surface area (Å²) >= 11 is 0. The lowest BCUT2D eigenvalue weighted by atomic mass is 9.93. The highest BCUT2D eigenvalue weighted by Gasteiger charge is 2.63. The highest BCUT2D eigenvalue weighted by molar-refractivity contribution is 5.82. The van der Waals surface area contributed by atoms with E-state index in [1.807, 2.05) is 0 Å². The number of ether oxygens (including phenoxy) is 2. The van der Waals surface area contributed by atoms with Crippen molar-refractivity contribution in [2.24, 2.45) is 0 Å². The second kappa shape index (κ2) is 5.39. The summed E-state index contributed by atoms with van der Waals surface area (Å²) in [6.07, 6.45) is -4.91. The van der Waals surface area contributed by atoms with Gasteiger partial charge in [-0.15, -0.1) is 0 Å². The molecule has 1 rings (SSSR count). The SMILES string of the molecule is CCOC(=O)[C@@](OC)(c1ccccc1)C(F)(F)F. The zero-order valence-corrected chi connectivity index (χ0v) is 9.95. The molecule has 0 aromatic heterocycles. The molecule has 0 heterocycles. The zero-order chi connectivity index (χ0) is 13.8. The Morgan fingerprint density at radius 3 is 2.17 bits per heavy atom. The maximum Gasteiger partial charge on any atom is 0.432 e. The first kappa shape index (κ1) is 14.5. The van der Waals surface area contributed by atoms with Gasteiger partial charge < -0.3 is 9.47 Å². The molecule has 0 radical (unpaired) electrons. The number of carbonyl (C=O) groups excluding carboxylic acids is 1. The molecule has 1 aromatic carbocycles. The number of benzene rings is 1. The van der Waals surface area contributed by atoms with Crippen molar-refractivity contribution in [3.05, 3.63) is 35.9 Å². The number of methoxy groups -OCH3 is 1. The smallest absolute Gasteiger partial charge is 0.432 e. The zero-order valence-electron chi connectivity index (χ0n) is 9.95. The third-order valence-corrected chi connectivity index (χ3v) is 2.45. The second-order valence-electron chi connectivity index (χ2n) is 3.47. The van der Waals surface area contributed by atoms with E-state index >= 15 is 0 Å². The normalized spacial score (nSPS) is 14.9. The molecule has 1 atom stereocenters. The molecule has 0 saturated carbocycles. The predicted molar refractivity (Wildman–Crippen MR) is 57.8 cm³/mol. The third kappa shape index (κ3) is 2.33. The molecule has 0 aliphatic rings. The van der Waals surface area contributed by atoms with Crippen LogP contribution in [0.1, 0.15) is 12.5 Å². The van der Waals surface area contributed by atoms with Crippen molar-refractivity contribution in [1.29, 1.82) is 0 Å². The second-order valence-corrected chi connectivity index (χ2v) is 3.47. The van der Waals surface area contributed by atoms with Gasteiger partial charge >= 0.3 is 12.1 Å². The summed E-state index contributed by atoms with van der Waals surface area (Å²) in [5, 5.41) is 0. The third-order valence-electron chi connectivity index (χ3n) is 2.45. The summed E-state index contributed by atoms with van der Waals surface area (Å²) in [5.41, 5.74) is -3.39. The lowest BCUT2D eigenvalue weighted by Gasteiger charge is -2.32. The van der Waals surface area contributed by atoms with Gasteiger partial charge in [-0.05, 0) is 6.92 Å². The summed E-state index contributed by atoms with van der Waals surface area (Å²) in [4.78, 5) is 11.7. The van der Waals surface area contributed by atoms with E-state index in [4.69, 9.17) is 0 Å². The first-order chi connectivity index (χ1) is 8.40. The number of esters is 1. The Bertz CT molecular complexity index is 403. The summed E-state index contributed by atoms with van der Waals surface area (Å²) in [6, 6.07) is 6.69. The van der Waals surface area contributed by atoms with Gasteiger partial charge in [0.25, 0.3) is 5.60 Å².